The lowest BCUT2D eigenvalue weighted by Crippen LogP contribution is -2.36. The SMILES string of the molecule is CC1CCCCN1Cc1nc(C(=O)O)cs1. The molecule has 2 rings (SSSR count). The number of hydrogen-bond donors (Lipinski definition) is 1. The van der Waals surface area contributed by atoms with Crippen LogP contribution in [0.15, 0.2) is 5.38 Å². The quantitative estimate of drug-likeness (QED) is 0.880. The Bertz CT molecular complexity index is 378. The summed E-state index contributed by atoms with van der Waals surface area (Å²) in [5.74, 6) is -0.936. The Hall–Kier alpha value is -0.940. The number of piperidine rings is 1. The number of aromatic carboxylic acids is 1. The second kappa shape index (κ2) is 4.93. The molecule has 1 aliphatic rings. The molecule has 0 saturated carbocycles. The predicted octanol–water partition coefficient (Wildman–Crippen LogP) is 2.22. The molecule has 1 atom stereocenters. The van der Waals surface area contributed by atoms with Crippen LogP contribution in [0.25, 0.3) is 0 Å². The summed E-state index contributed by atoms with van der Waals surface area (Å²) in [6.07, 6.45) is 3.77. The molecule has 1 saturated heterocycles. The lowest BCUT2D eigenvalue weighted by atomic mass is 10.0. The molecule has 0 amide bonds. The number of carboxylic acids is 1. The van der Waals surface area contributed by atoms with Gasteiger partial charge in [-0.1, -0.05) is 6.42 Å². The molecule has 5 heteroatoms. The van der Waals surface area contributed by atoms with Crippen LogP contribution in [0.4, 0.5) is 0 Å². The molecule has 1 fully saturated rings. The van der Waals surface area contributed by atoms with Gasteiger partial charge in [0.25, 0.3) is 0 Å². The number of rotatable bonds is 3. The van der Waals surface area contributed by atoms with Gasteiger partial charge in [0.2, 0.25) is 0 Å². The van der Waals surface area contributed by atoms with E-state index in [1.807, 2.05) is 0 Å². The third-order valence-corrected chi connectivity index (χ3v) is 3.88. The van der Waals surface area contributed by atoms with Crippen molar-refractivity contribution in [2.45, 2.75) is 38.8 Å². The smallest absolute Gasteiger partial charge is 0.355 e. The largest absolute Gasteiger partial charge is 0.476 e. The molecule has 0 aliphatic carbocycles. The Balaban J connectivity index is 1.99. The Morgan fingerprint density at radius 1 is 1.69 bits per heavy atom. The van der Waals surface area contributed by atoms with Crippen LogP contribution in [0.2, 0.25) is 0 Å². The Morgan fingerprint density at radius 3 is 3.12 bits per heavy atom. The maximum Gasteiger partial charge on any atom is 0.355 e. The van der Waals surface area contributed by atoms with Crippen molar-refractivity contribution >= 4 is 17.3 Å². The fraction of sp³-hybridized carbons (Fsp3) is 0.636. The molecule has 1 aliphatic heterocycles. The first kappa shape index (κ1) is 11.5. The van der Waals surface area contributed by atoms with E-state index < -0.39 is 5.97 Å². The van der Waals surface area contributed by atoms with Gasteiger partial charge < -0.3 is 5.11 Å². The minimum Gasteiger partial charge on any atom is -0.476 e. The Labute approximate surface area is 98.9 Å². The van der Waals surface area contributed by atoms with Crippen molar-refractivity contribution in [3.05, 3.63) is 16.1 Å². The molecule has 1 aromatic rings. The van der Waals surface area contributed by atoms with Crippen LogP contribution in [-0.2, 0) is 6.54 Å². The summed E-state index contributed by atoms with van der Waals surface area (Å²) in [6, 6.07) is 0.589. The molecule has 2 heterocycles. The van der Waals surface area contributed by atoms with Crippen LogP contribution in [0.5, 0.6) is 0 Å². The van der Waals surface area contributed by atoms with E-state index in [2.05, 4.69) is 16.8 Å². The predicted molar refractivity (Wildman–Crippen MR) is 62.8 cm³/mol. The minimum atomic E-state index is -0.936. The topological polar surface area (TPSA) is 53.4 Å². The first-order valence-electron chi connectivity index (χ1n) is 5.58. The molecule has 0 bridgehead atoms. The molecule has 0 aromatic carbocycles. The molecule has 1 aromatic heterocycles. The van der Waals surface area contributed by atoms with Gasteiger partial charge in [0, 0.05) is 11.4 Å². The van der Waals surface area contributed by atoms with Crippen LogP contribution in [0, 0.1) is 0 Å². The standard InChI is InChI=1S/C11H16N2O2S/c1-8-4-2-3-5-13(8)6-10-12-9(7-16-10)11(14)15/h7-8H,2-6H2,1H3,(H,14,15). The zero-order valence-corrected chi connectivity index (χ0v) is 10.2. The summed E-state index contributed by atoms with van der Waals surface area (Å²) in [7, 11) is 0. The molecule has 1 N–H and O–H groups in total. The lowest BCUT2D eigenvalue weighted by molar-refractivity contribution is 0.0690. The van der Waals surface area contributed by atoms with E-state index in [1.54, 1.807) is 5.38 Å². The fourth-order valence-corrected chi connectivity index (χ4v) is 2.84. The highest BCUT2D eigenvalue weighted by Crippen LogP contribution is 2.20. The summed E-state index contributed by atoms with van der Waals surface area (Å²) in [5.41, 5.74) is 0.171. The number of nitrogens with zero attached hydrogens (tertiary/aromatic N) is 2. The van der Waals surface area contributed by atoms with Crippen molar-refractivity contribution in [2.24, 2.45) is 0 Å². The average Bonchev–Trinajstić information content (AvgIpc) is 2.70. The Kier molecular flexibility index (Phi) is 3.56. The molecule has 88 valence electrons. The van der Waals surface area contributed by atoms with E-state index in [4.69, 9.17) is 5.11 Å². The summed E-state index contributed by atoms with van der Waals surface area (Å²) in [4.78, 5) is 17.2. The van der Waals surface area contributed by atoms with Crippen molar-refractivity contribution in [3.8, 4) is 0 Å². The number of carbonyl (C=O) groups is 1. The Morgan fingerprint density at radius 2 is 2.50 bits per heavy atom. The summed E-state index contributed by atoms with van der Waals surface area (Å²) >= 11 is 1.44. The molecular weight excluding hydrogens is 224 g/mol. The third-order valence-electron chi connectivity index (χ3n) is 3.05. The van der Waals surface area contributed by atoms with E-state index >= 15 is 0 Å². The van der Waals surface area contributed by atoms with Crippen LogP contribution in [-0.4, -0.2) is 33.5 Å². The van der Waals surface area contributed by atoms with E-state index in [9.17, 15) is 4.79 Å². The number of thiazole rings is 1. The fourth-order valence-electron chi connectivity index (χ4n) is 2.05. The number of hydrogen-bond acceptors (Lipinski definition) is 4. The maximum absolute atomic E-state index is 10.7. The number of likely N-dealkylation sites (tertiary alicyclic amines) is 1. The van der Waals surface area contributed by atoms with Crippen LogP contribution >= 0.6 is 11.3 Å². The molecular formula is C11H16N2O2S. The highest BCUT2D eigenvalue weighted by atomic mass is 32.1. The summed E-state index contributed by atoms with van der Waals surface area (Å²) in [5, 5.41) is 11.3. The number of aromatic nitrogens is 1. The lowest BCUT2D eigenvalue weighted by Gasteiger charge is -2.32. The second-order valence-electron chi connectivity index (χ2n) is 4.25. The summed E-state index contributed by atoms with van der Waals surface area (Å²) < 4.78 is 0. The summed E-state index contributed by atoms with van der Waals surface area (Å²) in [6.45, 7) is 4.12. The van der Waals surface area contributed by atoms with Gasteiger partial charge in [0.05, 0.1) is 6.54 Å². The minimum absolute atomic E-state index is 0.171. The third kappa shape index (κ3) is 2.59. The highest BCUT2D eigenvalue weighted by molar-refractivity contribution is 7.09. The van der Waals surface area contributed by atoms with Crippen molar-refractivity contribution < 1.29 is 9.90 Å². The van der Waals surface area contributed by atoms with Crippen LogP contribution in [0.3, 0.4) is 0 Å². The maximum atomic E-state index is 10.7. The van der Waals surface area contributed by atoms with E-state index in [0.717, 1.165) is 18.1 Å². The van der Waals surface area contributed by atoms with Gasteiger partial charge in [-0.15, -0.1) is 11.3 Å². The first-order chi connectivity index (χ1) is 7.66. The van der Waals surface area contributed by atoms with Crippen molar-refractivity contribution in [2.75, 3.05) is 6.54 Å². The molecule has 1 unspecified atom stereocenters. The van der Waals surface area contributed by atoms with Crippen molar-refractivity contribution in [1.29, 1.82) is 0 Å². The van der Waals surface area contributed by atoms with Gasteiger partial charge in [0.15, 0.2) is 5.69 Å². The molecule has 0 spiro atoms. The van der Waals surface area contributed by atoms with Gasteiger partial charge in [0.1, 0.15) is 5.01 Å². The van der Waals surface area contributed by atoms with Crippen LogP contribution in [0.1, 0.15) is 41.7 Å². The van der Waals surface area contributed by atoms with Gasteiger partial charge in [-0.3, -0.25) is 4.90 Å². The van der Waals surface area contributed by atoms with Gasteiger partial charge >= 0.3 is 5.97 Å². The van der Waals surface area contributed by atoms with E-state index in [1.165, 1.54) is 30.6 Å². The second-order valence-corrected chi connectivity index (χ2v) is 5.19. The first-order valence-corrected chi connectivity index (χ1v) is 6.46. The highest BCUT2D eigenvalue weighted by Gasteiger charge is 2.19. The molecule has 16 heavy (non-hydrogen) atoms. The van der Waals surface area contributed by atoms with Gasteiger partial charge in [-0.05, 0) is 26.3 Å². The normalized spacial score (nSPS) is 22.2. The van der Waals surface area contributed by atoms with E-state index in [-0.39, 0.29) is 5.69 Å². The van der Waals surface area contributed by atoms with Crippen molar-refractivity contribution in [3.63, 3.8) is 0 Å². The number of carboxylic acid groups (broad SMARTS) is 1. The van der Waals surface area contributed by atoms with E-state index in [0.29, 0.717) is 6.04 Å². The van der Waals surface area contributed by atoms with Gasteiger partial charge in [-0.2, -0.15) is 0 Å². The van der Waals surface area contributed by atoms with Gasteiger partial charge in [-0.25, -0.2) is 9.78 Å². The monoisotopic (exact) mass is 240 g/mol. The zero-order chi connectivity index (χ0) is 11.5. The van der Waals surface area contributed by atoms with Crippen molar-refractivity contribution in [1.82, 2.24) is 9.88 Å². The average molecular weight is 240 g/mol. The zero-order valence-electron chi connectivity index (χ0n) is 9.35. The molecule has 4 nitrogen and oxygen atoms in total. The van der Waals surface area contributed by atoms with Crippen LogP contribution < -0.4 is 0 Å². The molecule has 0 radical (unpaired) electrons.